The van der Waals surface area contributed by atoms with E-state index in [-0.39, 0.29) is 17.1 Å². The maximum absolute atomic E-state index is 11.4. The maximum Gasteiger partial charge on any atom is 0.343 e. The van der Waals surface area contributed by atoms with Crippen molar-refractivity contribution in [3.8, 4) is 17.2 Å². The van der Waals surface area contributed by atoms with Crippen molar-refractivity contribution in [3.63, 3.8) is 0 Å². The second-order valence-corrected chi connectivity index (χ2v) is 5.28. The summed E-state index contributed by atoms with van der Waals surface area (Å²) in [6, 6.07) is 0. The number of hydrogen-bond acceptors (Lipinski definition) is 4. The summed E-state index contributed by atoms with van der Waals surface area (Å²) in [7, 11) is 0. The normalized spacial score (nSPS) is 10.7. The summed E-state index contributed by atoms with van der Waals surface area (Å²) >= 11 is 0. The van der Waals surface area contributed by atoms with Crippen molar-refractivity contribution in [1.29, 1.82) is 0 Å². The molecule has 1 aromatic rings. The van der Waals surface area contributed by atoms with Gasteiger partial charge in [0, 0.05) is 11.1 Å². The number of aromatic carboxylic acids is 1. The lowest BCUT2D eigenvalue weighted by molar-refractivity contribution is 0.0687. The van der Waals surface area contributed by atoms with Gasteiger partial charge in [0.05, 0.1) is 6.61 Å². The second kappa shape index (κ2) is 8.51. The van der Waals surface area contributed by atoms with E-state index in [0.29, 0.717) is 30.6 Å². The van der Waals surface area contributed by atoms with Gasteiger partial charge in [0.25, 0.3) is 0 Å². The van der Waals surface area contributed by atoms with E-state index in [9.17, 15) is 20.1 Å². The summed E-state index contributed by atoms with van der Waals surface area (Å²) in [5.74, 6) is -2.06. The lowest BCUT2D eigenvalue weighted by Gasteiger charge is -2.19. The van der Waals surface area contributed by atoms with Crippen LogP contribution in [0, 0.1) is 0 Å². The van der Waals surface area contributed by atoms with E-state index in [2.05, 4.69) is 6.92 Å². The summed E-state index contributed by atoms with van der Waals surface area (Å²) in [5, 5.41) is 29.4. The number of phenolic OH excluding ortho intramolecular Hbond substituents is 1. The fourth-order valence-electron chi connectivity index (χ4n) is 2.62. The van der Waals surface area contributed by atoms with Crippen molar-refractivity contribution in [2.24, 2.45) is 0 Å². The van der Waals surface area contributed by atoms with Gasteiger partial charge in [0.15, 0.2) is 11.5 Å². The van der Waals surface area contributed by atoms with Crippen LogP contribution in [0.2, 0.25) is 0 Å². The average molecular weight is 310 g/mol. The lowest BCUT2D eigenvalue weighted by Crippen LogP contribution is -2.10. The molecule has 0 bridgehead atoms. The van der Waals surface area contributed by atoms with Crippen LogP contribution in [0.4, 0.5) is 0 Å². The van der Waals surface area contributed by atoms with Crippen LogP contribution in [-0.4, -0.2) is 27.9 Å². The zero-order chi connectivity index (χ0) is 16.7. The van der Waals surface area contributed by atoms with Gasteiger partial charge < -0.3 is 20.1 Å². The standard InChI is InChI=1S/C17H26O5/c1-4-7-8-9-10-22-16-12(6-3)11(5-2)14(18)15(19)13(16)17(20)21/h18-19H,4-10H2,1-3H3,(H,20,21). The number of carbonyl (C=O) groups is 1. The fourth-order valence-corrected chi connectivity index (χ4v) is 2.62. The maximum atomic E-state index is 11.4. The third-order valence-corrected chi connectivity index (χ3v) is 3.78. The van der Waals surface area contributed by atoms with E-state index < -0.39 is 11.7 Å². The third-order valence-electron chi connectivity index (χ3n) is 3.78. The molecule has 3 N–H and O–H groups in total. The van der Waals surface area contributed by atoms with Crippen molar-refractivity contribution < 1.29 is 24.9 Å². The van der Waals surface area contributed by atoms with E-state index in [1.807, 2.05) is 13.8 Å². The molecular formula is C17H26O5. The van der Waals surface area contributed by atoms with Gasteiger partial charge in [0.1, 0.15) is 11.3 Å². The highest BCUT2D eigenvalue weighted by atomic mass is 16.5. The van der Waals surface area contributed by atoms with Crippen LogP contribution < -0.4 is 4.74 Å². The minimum Gasteiger partial charge on any atom is -0.504 e. The smallest absolute Gasteiger partial charge is 0.343 e. The highest BCUT2D eigenvalue weighted by molar-refractivity contribution is 5.96. The Hall–Kier alpha value is -1.91. The third kappa shape index (κ3) is 3.84. The summed E-state index contributed by atoms with van der Waals surface area (Å²) in [4.78, 5) is 11.4. The Bertz CT molecular complexity index is 523. The topological polar surface area (TPSA) is 87.0 Å². The van der Waals surface area contributed by atoms with E-state index in [1.54, 1.807) is 0 Å². The molecule has 0 aliphatic rings. The Kier molecular flexibility index (Phi) is 7.02. The molecule has 1 aromatic carbocycles. The molecule has 0 aliphatic carbocycles. The minimum atomic E-state index is -1.30. The van der Waals surface area contributed by atoms with Crippen molar-refractivity contribution in [3.05, 3.63) is 16.7 Å². The number of hydrogen-bond donors (Lipinski definition) is 3. The first-order valence-corrected chi connectivity index (χ1v) is 7.95. The highest BCUT2D eigenvalue weighted by Crippen LogP contribution is 2.43. The molecule has 0 spiro atoms. The first-order valence-electron chi connectivity index (χ1n) is 7.95. The monoisotopic (exact) mass is 310 g/mol. The SMILES string of the molecule is CCCCCCOc1c(CC)c(CC)c(O)c(O)c1C(=O)O. The largest absolute Gasteiger partial charge is 0.504 e. The van der Waals surface area contributed by atoms with E-state index >= 15 is 0 Å². The number of rotatable bonds is 9. The molecule has 0 atom stereocenters. The summed E-state index contributed by atoms with van der Waals surface area (Å²) in [6.07, 6.45) is 5.10. The zero-order valence-corrected chi connectivity index (χ0v) is 13.6. The van der Waals surface area contributed by atoms with Crippen molar-refractivity contribution in [2.75, 3.05) is 6.61 Å². The summed E-state index contributed by atoms with van der Waals surface area (Å²) < 4.78 is 5.69. The van der Waals surface area contributed by atoms with Crippen LogP contribution >= 0.6 is 0 Å². The molecule has 5 nitrogen and oxygen atoms in total. The van der Waals surface area contributed by atoms with Crippen LogP contribution in [0.5, 0.6) is 17.2 Å². The van der Waals surface area contributed by atoms with Crippen LogP contribution in [-0.2, 0) is 12.8 Å². The van der Waals surface area contributed by atoms with Crippen molar-refractivity contribution >= 4 is 5.97 Å². The fraction of sp³-hybridized carbons (Fsp3) is 0.588. The van der Waals surface area contributed by atoms with Gasteiger partial charge in [-0.05, 0) is 19.3 Å². The van der Waals surface area contributed by atoms with Gasteiger partial charge >= 0.3 is 5.97 Å². The summed E-state index contributed by atoms with van der Waals surface area (Å²) in [5.41, 5.74) is 0.862. The quantitative estimate of drug-likeness (QED) is 0.476. The number of carboxylic acids is 1. The average Bonchev–Trinajstić information content (AvgIpc) is 2.49. The minimum absolute atomic E-state index is 0.193. The molecule has 22 heavy (non-hydrogen) atoms. The molecule has 0 amide bonds. The van der Waals surface area contributed by atoms with Crippen LogP contribution in [0.15, 0.2) is 0 Å². The summed E-state index contributed by atoms with van der Waals surface area (Å²) in [6.45, 7) is 6.24. The van der Waals surface area contributed by atoms with Crippen LogP contribution in [0.1, 0.15) is 67.9 Å². The number of benzene rings is 1. The number of unbranched alkanes of at least 4 members (excludes halogenated alkanes) is 3. The molecule has 0 saturated carbocycles. The predicted octanol–water partition coefficient (Wildman–Crippen LogP) is 3.88. The predicted molar refractivity (Wildman–Crippen MR) is 85.1 cm³/mol. The van der Waals surface area contributed by atoms with Gasteiger partial charge in [-0.25, -0.2) is 4.79 Å². The molecular weight excluding hydrogens is 284 g/mol. The van der Waals surface area contributed by atoms with E-state index in [0.717, 1.165) is 25.7 Å². The Morgan fingerprint density at radius 2 is 1.59 bits per heavy atom. The molecule has 0 aliphatic heterocycles. The van der Waals surface area contributed by atoms with E-state index in [1.165, 1.54) is 0 Å². The Balaban J connectivity index is 3.20. The Labute approximate surface area is 131 Å². The number of aromatic hydroxyl groups is 2. The highest BCUT2D eigenvalue weighted by Gasteiger charge is 2.27. The number of carboxylic acid groups (broad SMARTS) is 1. The lowest BCUT2D eigenvalue weighted by atomic mass is 9.96. The molecule has 5 heteroatoms. The Morgan fingerprint density at radius 1 is 0.955 bits per heavy atom. The molecule has 0 heterocycles. The van der Waals surface area contributed by atoms with Gasteiger partial charge in [-0.15, -0.1) is 0 Å². The Morgan fingerprint density at radius 3 is 2.09 bits per heavy atom. The number of phenols is 2. The van der Waals surface area contributed by atoms with Gasteiger partial charge in [-0.2, -0.15) is 0 Å². The molecule has 124 valence electrons. The first-order chi connectivity index (χ1) is 10.5. The van der Waals surface area contributed by atoms with Gasteiger partial charge in [-0.1, -0.05) is 40.0 Å². The molecule has 0 saturated heterocycles. The molecule has 0 fully saturated rings. The first kappa shape index (κ1) is 18.1. The molecule has 1 rings (SSSR count). The molecule has 0 aromatic heterocycles. The number of ether oxygens (including phenoxy) is 1. The van der Waals surface area contributed by atoms with Crippen LogP contribution in [0.25, 0.3) is 0 Å². The zero-order valence-electron chi connectivity index (χ0n) is 13.6. The van der Waals surface area contributed by atoms with Crippen LogP contribution in [0.3, 0.4) is 0 Å². The van der Waals surface area contributed by atoms with Gasteiger partial charge in [-0.3, -0.25) is 0 Å². The van der Waals surface area contributed by atoms with Crippen molar-refractivity contribution in [2.45, 2.75) is 59.3 Å². The van der Waals surface area contributed by atoms with Crippen molar-refractivity contribution in [1.82, 2.24) is 0 Å². The molecule has 0 radical (unpaired) electrons. The van der Waals surface area contributed by atoms with E-state index in [4.69, 9.17) is 4.74 Å². The molecule has 0 unspecified atom stereocenters. The van der Waals surface area contributed by atoms with Gasteiger partial charge in [0.2, 0.25) is 0 Å². The second-order valence-electron chi connectivity index (χ2n) is 5.28.